The number of aromatic nitrogens is 3. The lowest BCUT2D eigenvalue weighted by atomic mass is 10.3. The highest BCUT2D eigenvalue weighted by molar-refractivity contribution is 7.71. The van der Waals surface area contributed by atoms with E-state index in [-0.39, 0.29) is 0 Å². The number of hydrogen-bond acceptors (Lipinski definition) is 4. The molecule has 90 valence electrons. The van der Waals surface area contributed by atoms with Crippen molar-refractivity contribution in [3.8, 4) is 0 Å². The van der Waals surface area contributed by atoms with Crippen LogP contribution in [0.15, 0.2) is 0 Å². The van der Waals surface area contributed by atoms with Crippen LogP contribution in [0.1, 0.15) is 20.3 Å². The Balaban J connectivity index is 2.27. The molecule has 1 unspecified atom stereocenters. The Hall–Kier alpha value is -0.880. The largest absolute Gasteiger partial charge is 0.377 e. The Morgan fingerprint density at radius 2 is 2.44 bits per heavy atom. The van der Waals surface area contributed by atoms with Gasteiger partial charge >= 0.3 is 0 Å². The van der Waals surface area contributed by atoms with E-state index in [9.17, 15) is 0 Å². The maximum Gasteiger partial charge on any atom is 0.226 e. The first kappa shape index (κ1) is 11.6. The van der Waals surface area contributed by atoms with Gasteiger partial charge in [0.15, 0.2) is 4.77 Å². The molecule has 1 aromatic heterocycles. The summed E-state index contributed by atoms with van der Waals surface area (Å²) >= 11 is 5.23. The van der Waals surface area contributed by atoms with Crippen LogP contribution < -0.4 is 4.90 Å². The fourth-order valence-corrected chi connectivity index (χ4v) is 2.20. The molecule has 1 fully saturated rings. The standard InChI is InChI=1S/C10H18N4OS/c1-3-4-14-9(11-12-10(14)16)13-5-6-15-7-8(13)2/h8H,3-7H2,1-2H3,(H,12,16). The molecule has 0 radical (unpaired) electrons. The molecule has 6 heteroatoms. The van der Waals surface area contributed by atoms with E-state index in [4.69, 9.17) is 17.0 Å². The summed E-state index contributed by atoms with van der Waals surface area (Å²) in [4.78, 5) is 2.26. The summed E-state index contributed by atoms with van der Waals surface area (Å²) in [6, 6.07) is 0.356. The predicted molar refractivity (Wildman–Crippen MR) is 65.3 cm³/mol. The minimum atomic E-state index is 0.356. The highest BCUT2D eigenvalue weighted by Gasteiger charge is 2.23. The quantitative estimate of drug-likeness (QED) is 0.817. The third-order valence-corrected chi connectivity index (χ3v) is 3.12. The SMILES string of the molecule is CCCn1c(N2CCOCC2C)n[nH]c1=S. The average molecular weight is 242 g/mol. The van der Waals surface area contributed by atoms with Gasteiger partial charge in [0.1, 0.15) is 0 Å². The Bertz CT molecular complexity index is 400. The zero-order valence-corrected chi connectivity index (χ0v) is 10.6. The van der Waals surface area contributed by atoms with Crippen LogP contribution in [0.3, 0.4) is 0 Å². The summed E-state index contributed by atoms with van der Waals surface area (Å²) in [6.45, 7) is 7.59. The molecule has 0 saturated carbocycles. The van der Waals surface area contributed by atoms with Crippen molar-refractivity contribution in [1.29, 1.82) is 0 Å². The fourth-order valence-electron chi connectivity index (χ4n) is 1.98. The minimum absolute atomic E-state index is 0.356. The molecule has 1 aromatic rings. The second kappa shape index (κ2) is 4.97. The predicted octanol–water partition coefficient (Wildman–Crippen LogP) is 1.58. The zero-order chi connectivity index (χ0) is 11.5. The van der Waals surface area contributed by atoms with E-state index in [1.807, 2.05) is 0 Å². The van der Waals surface area contributed by atoms with Crippen LogP contribution in [0.5, 0.6) is 0 Å². The molecule has 16 heavy (non-hydrogen) atoms. The maximum absolute atomic E-state index is 5.43. The van der Waals surface area contributed by atoms with Gasteiger partial charge < -0.3 is 9.64 Å². The van der Waals surface area contributed by atoms with Crippen LogP contribution in [-0.4, -0.2) is 40.6 Å². The molecule has 5 nitrogen and oxygen atoms in total. The van der Waals surface area contributed by atoms with Gasteiger partial charge in [-0.15, -0.1) is 5.10 Å². The van der Waals surface area contributed by atoms with E-state index in [0.717, 1.165) is 38.7 Å². The van der Waals surface area contributed by atoms with Crippen LogP contribution in [0, 0.1) is 4.77 Å². The lowest BCUT2D eigenvalue weighted by Gasteiger charge is -2.33. The molecule has 1 atom stereocenters. The zero-order valence-electron chi connectivity index (χ0n) is 9.77. The number of rotatable bonds is 3. The van der Waals surface area contributed by atoms with Crippen LogP contribution in [0.2, 0.25) is 0 Å². The lowest BCUT2D eigenvalue weighted by Crippen LogP contribution is -2.45. The number of morpholine rings is 1. The molecule has 1 N–H and O–H groups in total. The molecule has 1 aliphatic rings. The van der Waals surface area contributed by atoms with Crippen LogP contribution in [0.25, 0.3) is 0 Å². The van der Waals surface area contributed by atoms with E-state index in [0.29, 0.717) is 10.8 Å². The van der Waals surface area contributed by atoms with E-state index < -0.39 is 0 Å². The molecule has 0 amide bonds. The van der Waals surface area contributed by atoms with Crippen molar-refractivity contribution >= 4 is 18.2 Å². The van der Waals surface area contributed by atoms with Gasteiger partial charge in [-0.25, -0.2) is 5.10 Å². The number of anilines is 1. The molecule has 0 aliphatic carbocycles. The second-order valence-corrected chi connectivity index (χ2v) is 4.48. The van der Waals surface area contributed by atoms with Crippen LogP contribution in [0.4, 0.5) is 5.95 Å². The Labute approximate surface area is 100 Å². The molecule has 0 aromatic carbocycles. The summed E-state index contributed by atoms with van der Waals surface area (Å²) in [5, 5.41) is 7.20. The number of ether oxygens (including phenoxy) is 1. The molecule has 1 saturated heterocycles. The van der Waals surface area contributed by atoms with Crippen LogP contribution in [-0.2, 0) is 11.3 Å². The summed E-state index contributed by atoms with van der Waals surface area (Å²) in [5.41, 5.74) is 0. The number of nitrogens with zero attached hydrogens (tertiary/aromatic N) is 3. The first-order valence-corrected chi connectivity index (χ1v) is 6.14. The lowest BCUT2D eigenvalue weighted by molar-refractivity contribution is 0.0976. The first-order chi connectivity index (χ1) is 7.74. The van der Waals surface area contributed by atoms with E-state index >= 15 is 0 Å². The van der Waals surface area contributed by atoms with Gasteiger partial charge in [0, 0.05) is 13.1 Å². The Morgan fingerprint density at radius 1 is 1.62 bits per heavy atom. The number of nitrogens with one attached hydrogen (secondary N) is 1. The third-order valence-electron chi connectivity index (χ3n) is 2.81. The smallest absolute Gasteiger partial charge is 0.226 e. The summed E-state index contributed by atoms with van der Waals surface area (Å²) in [6.07, 6.45) is 1.06. The minimum Gasteiger partial charge on any atom is -0.377 e. The topological polar surface area (TPSA) is 46.1 Å². The number of H-pyrrole nitrogens is 1. The second-order valence-electron chi connectivity index (χ2n) is 4.10. The first-order valence-electron chi connectivity index (χ1n) is 5.73. The molecular formula is C10H18N4OS. The Morgan fingerprint density at radius 3 is 3.12 bits per heavy atom. The highest BCUT2D eigenvalue weighted by atomic mass is 32.1. The van der Waals surface area contributed by atoms with Crippen molar-refractivity contribution in [3.63, 3.8) is 0 Å². The fraction of sp³-hybridized carbons (Fsp3) is 0.800. The Kier molecular flexibility index (Phi) is 3.60. The normalized spacial score (nSPS) is 21.4. The monoisotopic (exact) mass is 242 g/mol. The van der Waals surface area contributed by atoms with Gasteiger partial charge in [-0.1, -0.05) is 6.92 Å². The van der Waals surface area contributed by atoms with Crippen molar-refractivity contribution in [1.82, 2.24) is 14.8 Å². The summed E-state index contributed by atoms with van der Waals surface area (Å²) in [5.74, 6) is 0.947. The van der Waals surface area contributed by atoms with Crippen molar-refractivity contribution in [3.05, 3.63) is 4.77 Å². The molecule has 2 rings (SSSR count). The molecule has 0 bridgehead atoms. The highest BCUT2D eigenvalue weighted by Crippen LogP contribution is 2.17. The average Bonchev–Trinajstić information content (AvgIpc) is 2.62. The van der Waals surface area contributed by atoms with Gasteiger partial charge in [-0.3, -0.25) is 4.57 Å². The maximum atomic E-state index is 5.43. The number of hydrogen-bond donors (Lipinski definition) is 1. The van der Waals surface area contributed by atoms with Crippen LogP contribution >= 0.6 is 12.2 Å². The van der Waals surface area contributed by atoms with Gasteiger partial charge in [-0.05, 0) is 25.6 Å². The van der Waals surface area contributed by atoms with Crippen molar-refractivity contribution in [2.75, 3.05) is 24.7 Å². The van der Waals surface area contributed by atoms with Crippen molar-refractivity contribution in [2.24, 2.45) is 0 Å². The van der Waals surface area contributed by atoms with E-state index in [2.05, 4.69) is 33.5 Å². The van der Waals surface area contributed by atoms with Gasteiger partial charge in [0.2, 0.25) is 5.95 Å². The summed E-state index contributed by atoms with van der Waals surface area (Å²) in [7, 11) is 0. The molecule has 2 heterocycles. The molecule has 0 spiro atoms. The molecular weight excluding hydrogens is 224 g/mol. The van der Waals surface area contributed by atoms with Gasteiger partial charge in [0.25, 0.3) is 0 Å². The summed E-state index contributed by atoms with van der Waals surface area (Å²) < 4.78 is 8.20. The number of aromatic amines is 1. The van der Waals surface area contributed by atoms with Gasteiger partial charge in [0.05, 0.1) is 19.3 Å². The van der Waals surface area contributed by atoms with Crippen molar-refractivity contribution < 1.29 is 4.74 Å². The van der Waals surface area contributed by atoms with E-state index in [1.165, 1.54) is 0 Å². The van der Waals surface area contributed by atoms with Crippen molar-refractivity contribution in [2.45, 2.75) is 32.9 Å². The van der Waals surface area contributed by atoms with Gasteiger partial charge in [-0.2, -0.15) is 0 Å². The molecule has 1 aliphatic heterocycles. The third kappa shape index (κ3) is 2.12. The van der Waals surface area contributed by atoms with E-state index in [1.54, 1.807) is 0 Å².